The first-order chi connectivity index (χ1) is 13.0. The lowest BCUT2D eigenvalue weighted by Gasteiger charge is -2.16. The molecule has 1 N–H and O–H groups in total. The number of hydrogen-bond acceptors (Lipinski definition) is 5. The Hall–Kier alpha value is -2.86. The molecule has 1 heterocycles. The van der Waals surface area contributed by atoms with Gasteiger partial charge in [-0.1, -0.05) is 23.8 Å². The normalized spacial score (nSPS) is 16.7. The van der Waals surface area contributed by atoms with Crippen LogP contribution in [0.4, 0.5) is 5.69 Å². The molecule has 0 aliphatic carbocycles. The minimum absolute atomic E-state index is 0.174. The molecule has 1 atom stereocenters. The maximum absolute atomic E-state index is 12.6. The van der Waals surface area contributed by atoms with E-state index in [1.54, 1.807) is 26.4 Å². The second kappa shape index (κ2) is 8.22. The zero-order valence-corrected chi connectivity index (χ0v) is 15.8. The summed E-state index contributed by atoms with van der Waals surface area (Å²) in [6, 6.07) is 12.6. The van der Waals surface area contributed by atoms with E-state index in [-0.39, 0.29) is 18.2 Å². The number of imide groups is 1. The van der Waals surface area contributed by atoms with Crippen LogP contribution in [0.25, 0.3) is 0 Å². The molecule has 0 spiro atoms. The Morgan fingerprint density at radius 3 is 2.41 bits per heavy atom. The number of rotatable bonds is 7. The molecule has 2 amide bonds. The van der Waals surface area contributed by atoms with Gasteiger partial charge in [-0.25, -0.2) is 4.90 Å². The van der Waals surface area contributed by atoms with Crippen LogP contribution in [0.3, 0.4) is 0 Å². The van der Waals surface area contributed by atoms with E-state index >= 15 is 0 Å². The number of amides is 2. The van der Waals surface area contributed by atoms with Crippen molar-refractivity contribution < 1.29 is 19.1 Å². The van der Waals surface area contributed by atoms with Gasteiger partial charge in [-0.3, -0.25) is 9.59 Å². The third kappa shape index (κ3) is 4.11. The molecule has 3 rings (SSSR count). The van der Waals surface area contributed by atoms with Crippen molar-refractivity contribution in [1.82, 2.24) is 5.32 Å². The van der Waals surface area contributed by atoms with Gasteiger partial charge < -0.3 is 14.8 Å². The molecular weight excluding hydrogens is 344 g/mol. The molecule has 0 unspecified atom stereocenters. The van der Waals surface area contributed by atoms with Crippen LogP contribution >= 0.6 is 0 Å². The fourth-order valence-electron chi connectivity index (χ4n) is 3.18. The Morgan fingerprint density at radius 1 is 1.04 bits per heavy atom. The standard InChI is InChI=1S/C21H24N2O4/c1-14-4-7-16(8-5-14)23-20(24)13-17(21(23)25)22-11-10-15-6-9-18(26-2)19(12-15)27-3/h4-9,12,17,22H,10-11,13H2,1-3H3/t17-/m1/s1. The van der Waals surface area contributed by atoms with E-state index in [9.17, 15) is 9.59 Å². The van der Waals surface area contributed by atoms with Gasteiger partial charge in [0.15, 0.2) is 11.5 Å². The summed E-state index contributed by atoms with van der Waals surface area (Å²) in [4.78, 5) is 26.2. The summed E-state index contributed by atoms with van der Waals surface area (Å²) in [6.45, 7) is 2.55. The maximum atomic E-state index is 12.6. The highest BCUT2D eigenvalue weighted by Crippen LogP contribution is 2.28. The van der Waals surface area contributed by atoms with Crippen LogP contribution in [0.15, 0.2) is 42.5 Å². The predicted octanol–water partition coefficient (Wildman–Crippen LogP) is 2.48. The minimum atomic E-state index is -0.487. The average molecular weight is 368 g/mol. The first kappa shape index (κ1) is 18.9. The number of hydrogen-bond donors (Lipinski definition) is 1. The second-order valence-corrected chi connectivity index (χ2v) is 6.55. The van der Waals surface area contributed by atoms with E-state index in [0.717, 1.165) is 11.1 Å². The number of ether oxygens (including phenoxy) is 2. The number of nitrogens with one attached hydrogen (secondary N) is 1. The molecule has 27 heavy (non-hydrogen) atoms. The Morgan fingerprint density at radius 2 is 1.74 bits per heavy atom. The SMILES string of the molecule is COc1ccc(CCN[C@@H]2CC(=O)N(c3ccc(C)cc3)C2=O)cc1OC. The summed E-state index contributed by atoms with van der Waals surface area (Å²) in [5, 5.41) is 3.20. The van der Waals surface area contributed by atoms with Crippen molar-refractivity contribution in [1.29, 1.82) is 0 Å². The minimum Gasteiger partial charge on any atom is -0.493 e. The van der Waals surface area contributed by atoms with Crippen LogP contribution in [0.2, 0.25) is 0 Å². The molecule has 1 aliphatic rings. The van der Waals surface area contributed by atoms with Gasteiger partial charge >= 0.3 is 0 Å². The van der Waals surface area contributed by atoms with Crippen LogP contribution in [-0.4, -0.2) is 38.6 Å². The summed E-state index contributed by atoms with van der Waals surface area (Å²) < 4.78 is 10.5. The number of carbonyl (C=O) groups excluding carboxylic acids is 2. The molecule has 0 bridgehead atoms. The number of benzene rings is 2. The Labute approximate surface area is 159 Å². The smallest absolute Gasteiger partial charge is 0.251 e. The summed E-state index contributed by atoms with van der Waals surface area (Å²) in [5.74, 6) is 0.982. The van der Waals surface area contributed by atoms with Gasteiger partial charge in [0.1, 0.15) is 0 Å². The molecule has 6 nitrogen and oxygen atoms in total. The molecule has 2 aromatic rings. The molecule has 142 valence electrons. The summed E-state index contributed by atoms with van der Waals surface area (Å²) in [5.41, 5.74) is 2.77. The third-order valence-electron chi connectivity index (χ3n) is 4.69. The second-order valence-electron chi connectivity index (χ2n) is 6.55. The topological polar surface area (TPSA) is 67.9 Å². The molecule has 1 aliphatic heterocycles. The average Bonchev–Trinajstić information content (AvgIpc) is 2.96. The van der Waals surface area contributed by atoms with Gasteiger partial charge in [0, 0.05) is 0 Å². The van der Waals surface area contributed by atoms with Gasteiger partial charge in [-0.2, -0.15) is 0 Å². The fourth-order valence-corrected chi connectivity index (χ4v) is 3.18. The van der Waals surface area contributed by atoms with Crippen molar-refractivity contribution in [3.8, 4) is 11.5 Å². The number of methoxy groups -OCH3 is 2. The first-order valence-corrected chi connectivity index (χ1v) is 8.91. The molecule has 0 saturated carbocycles. The van der Waals surface area contributed by atoms with Crippen molar-refractivity contribution in [3.63, 3.8) is 0 Å². The molecule has 2 aromatic carbocycles. The van der Waals surface area contributed by atoms with E-state index in [0.29, 0.717) is 30.2 Å². The summed E-state index contributed by atoms with van der Waals surface area (Å²) >= 11 is 0. The highest BCUT2D eigenvalue weighted by atomic mass is 16.5. The van der Waals surface area contributed by atoms with E-state index in [1.807, 2.05) is 37.3 Å². The predicted molar refractivity (Wildman–Crippen MR) is 103 cm³/mol. The number of anilines is 1. The van der Waals surface area contributed by atoms with E-state index in [1.165, 1.54) is 4.90 Å². The van der Waals surface area contributed by atoms with Gasteiger partial charge in [0.2, 0.25) is 5.91 Å². The van der Waals surface area contributed by atoms with Gasteiger partial charge in [0.05, 0.1) is 32.4 Å². The zero-order valence-electron chi connectivity index (χ0n) is 15.8. The molecule has 1 saturated heterocycles. The van der Waals surface area contributed by atoms with Crippen LogP contribution in [0.1, 0.15) is 17.5 Å². The number of aryl methyl sites for hydroxylation is 1. The largest absolute Gasteiger partial charge is 0.493 e. The van der Waals surface area contributed by atoms with Crippen LogP contribution in [0, 0.1) is 6.92 Å². The van der Waals surface area contributed by atoms with Gasteiger partial charge in [0.25, 0.3) is 5.91 Å². The van der Waals surface area contributed by atoms with Gasteiger partial charge in [-0.05, 0) is 49.7 Å². The molecule has 1 fully saturated rings. The molecule has 0 aromatic heterocycles. The molecule has 6 heteroatoms. The van der Waals surface area contributed by atoms with Gasteiger partial charge in [-0.15, -0.1) is 0 Å². The van der Waals surface area contributed by atoms with Crippen molar-refractivity contribution >= 4 is 17.5 Å². The van der Waals surface area contributed by atoms with Crippen molar-refractivity contribution in [2.75, 3.05) is 25.7 Å². The monoisotopic (exact) mass is 368 g/mol. The van der Waals surface area contributed by atoms with Crippen LogP contribution < -0.4 is 19.7 Å². The Kier molecular flexibility index (Phi) is 5.76. The number of carbonyl (C=O) groups is 2. The quantitative estimate of drug-likeness (QED) is 0.761. The van der Waals surface area contributed by atoms with E-state index in [4.69, 9.17) is 9.47 Å². The highest BCUT2D eigenvalue weighted by molar-refractivity contribution is 6.22. The van der Waals surface area contributed by atoms with Crippen LogP contribution in [-0.2, 0) is 16.0 Å². The Balaban J connectivity index is 1.60. The zero-order chi connectivity index (χ0) is 19.4. The lowest BCUT2D eigenvalue weighted by molar-refractivity contribution is -0.121. The molecule has 0 radical (unpaired) electrons. The van der Waals surface area contributed by atoms with Crippen LogP contribution in [0.5, 0.6) is 11.5 Å². The summed E-state index contributed by atoms with van der Waals surface area (Å²) in [6.07, 6.45) is 0.890. The third-order valence-corrected chi connectivity index (χ3v) is 4.69. The van der Waals surface area contributed by atoms with Crippen molar-refractivity contribution in [2.45, 2.75) is 25.8 Å². The van der Waals surface area contributed by atoms with Crippen molar-refractivity contribution in [2.24, 2.45) is 0 Å². The highest BCUT2D eigenvalue weighted by Gasteiger charge is 2.39. The lowest BCUT2D eigenvalue weighted by atomic mass is 10.1. The van der Waals surface area contributed by atoms with E-state index < -0.39 is 6.04 Å². The Bertz CT molecular complexity index is 833. The maximum Gasteiger partial charge on any atom is 0.251 e. The number of nitrogens with zero attached hydrogens (tertiary/aromatic N) is 1. The van der Waals surface area contributed by atoms with Crippen molar-refractivity contribution in [3.05, 3.63) is 53.6 Å². The fraction of sp³-hybridized carbons (Fsp3) is 0.333. The molecular formula is C21H24N2O4. The first-order valence-electron chi connectivity index (χ1n) is 8.91. The van der Waals surface area contributed by atoms with E-state index in [2.05, 4.69) is 5.32 Å². The summed E-state index contributed by atoms with van der Waals surface area (Å²) in [7, 11) is 3.20. The lowest BCUT2D eigenvalue weighted by Crippen LogP contribution is -2.39.